The molecule has 2 aromatic carbocycles. The molecular formula is C18H17FO2. The van der Waals surface area contributed by atoms with Crippen LogP contribution in [0.4, 0.5) is 4.39 Å². The highest BCUT2D eigenvalue weighted by molar-refractivity contribution is 5.81. The number of Topliss-reactive ketones (excluding diaryl/α,β-unsaturated/α-hetero) is 1. The van der Waals surface area contributed by atoms with Crippen molar-refractivity contribution in [2.75, 3.05) is 6.61 Å². The van der Waals surface area contributed by atoms with Gasteiger partial charge in [-0.05, 0) is 35.2 Å². The van der Waals surface area contributed by atoms with Gasteiger partial charge in [-0.15, -0.1) is 0 Å². The van der Waals surface area contributed by atoms with Crippen LogP contribution in [0.1, 0.15) is 23.1 Å². The molecule has 0 spiro atoms. The van der Waals surface area contributed by atoms with Gasteiger partial charge in [-0.1, -0.05) is 30.3 Å². The highest BCUT2D eigenvalue weighted by atomic mass is 19.1. The number of ether oxygens (including phenoxy) is 1. The zero-order valence-corrected chi connectivity index (χ0v) is 11.8. The van der Waals surface area contributed by atoms with Crippen LogP contribution >= 0.6 is 0 Å². The molecule has 0 saturated carbocycles. The van der Waals surface area contributed by atoms with Gasteiger partial charge in [0.25, 0.3) is 0 Å². The van der Waals surface area contributed by atoms with Crippen molar-refractivity contribution < 1.29 is 13.9 Å². The van der Waals surface area contributed by atoms with E-state index in [2.05, 4.69) is 6.07 Å². The van der Waals surface area contributed by atoms with Gasteiger partial charge in [0.15, 0.2) is 0 Å². The number of hydrogen-bond donors (Lipinski definition) is 0. The number of aryl methyl sites for hydroxylation is 1. The fourth-order valence-corrected chi connectivity index (χ4v) is 2.62. The van der Waals surface area contributed by atoms with Crippen molar-refractivity contribution in [1.29, 1.82) is 0 Å². The first-order valence-electron chi connectivity index (χ1n) is 7.22. The van der Waals surface area contributed by atoms with E-state index in [1.54, 1.807) is 18.2 Å². The van der Waals surface area contributed by atoms with Gasteiger partial charge in [0, 0.05) is 19.3 Å². The number of ketones is 1. The van der Waals surface area contributed by atoms with Gasteiger partial charge < -0.3 is 4.74 Å². The summed E-state index contributed by atoms with van der Waals surface area (Å²) < 4.78 is 19.0. The predicted molar refractivity (Wildman–Crippen MR) is 79.1 cm³/mol. The van der Waals surface area contributed by atoms with E-state index in [0.29, 0.717) is 18.4 Å². The Morgan fingerprint density at radius 3 is 2.90 bits per heavy atom. The zero-order chi connectivity index (χ0) is 14.7. The Labute approximate surface area is 123 Å². The van der Waals surface area contributed by atoms with Crippen LogP contribution in [-0.2, 0) is 24.1 Å². The minimum atomic E-state index is -0.305. The fraction of sp³-hybridized carbons (Fsp3) is 0.278. The van der Waals surface area contributed by atoms with Gasteiger partial charge in [-0.25, -0.2) is 4.39 Å². The molecule has 0 bridgehead atoms. The normalized spacial score (nSPS) is 12.8. The largest absolute Gasteiger partial charge is 0.493 e. The summed E-state index contributed by atoms with van der Waals surface area (Å²) in [6.45, 7) is 0.741. The second-order valence-electron chi connectivity index (χ2n) is 5.35. The van der Waals surface area contributed by atoms with E-state index < -0.39 is 0 Å². The van der Waals surface area contributed by atoms with Crippen molar-refractivity contribution in [3.63, 3.8) is 0 Å². The molecule has 0 radical (unpaired) electrons. The van der Waals surface area contributed by atoms with Crippen molar-refractivity contribution in [2.24, 2.45) is 0 Å². The Bertz CT molecular complexity index is 664. The maximum atomic E-state index is 13.5. The van der Waals surface area contributed by atoms with Crippen LogP contribution in [0.25, 0.3) is 0 Å². The molecule has 0 aliphatic carbocycles. The number of fused-ring (bicyclic) bond motifs is 1. The van der Waals surface area contributed by atoms with Crippen LogP contribution < -0.4 is 4.74 Å². The summed E-state index contributed by atoms with van der Waals surface area (Å²) in [7, 11) is 0. The lowest BCUT2D eigenvalue weighted by Gasteiger charge is -2.05. The van der Waals surface area contributed by atoms with E-state index in [4.69, 9.17) is 4.74 Å². The van der Waals surface area contributed by atoms with Crippen LogP contribution in [0.15, 0.2) is 42.5 Å². The highest BCUT2D eigenvalue weighted by Gasteiger charge is 2.13. The van der Waals surface area contributed by atoms with Gasteiger partial charge in [-0.2, -0.15) is 0 Å². The molecule has 2 aromatic rings. The Kier molecular flexibility index (Phi) is 4.00. The monoisotopic (exact) mass is 284 g/mol. The van der Waals surface area contributed by atoms with E-state index in [0.717, 1.165) is 24.3 Å². The van der Waals surface area contributed by atoms with Crippen LogP contribution in [0.3, 0.4) is 0 Å². The van der Waals surface area contributed by atoms with Crippen molar-refractivity contribution in [3.05, 3.63) is 65.0 Å². The first kappa shape index (κ1) is 13.8. The van der Waals surface area contributed by atoms with Gasteiger partial charge in [0.05, 0.1) is 6.61 Å². The smallest absolute Gasteiger partial charge is 0.137 e. The third-order valence-electron chi connectivity index (χ3n) is 3.79. The minimum Gasteiger partial charge on any atom is -0.493 e. The lowest BCUT2D eigenvalue weighted by atomic mass is 10.0. The predicted octanol–water partition coefficient (Wildman–Crippen LogP) is 3.51. The SMILES string of the molecule is O=C(CCc1ccc2c(c1)CCO2)Cc1ccccc1F. The highest BCUT2D eigenvalue weighted by Crippen LogP contribution is 2.26. The number of rotatable bonds is 5. The summed E-state index contributed by atoms with van der Waals surface area (Å²) in [6, 6.07) is 12.5. The van der Waals surface area contributed by atoms with E-state index in [1.807, 2.05) is 12.1 Å². The van der Waals surface area contributed by atoms with E-state index in [1.165, 1.54) is 11.6 Å². The molecule has 3 rings (SSSR count). The van der Waals surface area contributed by atoms with Crippen molar-refractivity contribution >= 4 is 5.78 Å². The molecular weight excluding hydrogens is 267 g/mol. The number of carbonyl (C=O) groups is 1. The van der Waals surface area contributed by atoms with Gasteiger partial charge in [-0.3, -0.25) is 4.79 Å². The molecule has 3 heteroatoms. The minimum absolute atomic E-state index is 0.0665. The van der Waals surface area contributed by atoms with Crippen LogP contribution in [0, 0.1) is 5.82 Å². The lowest BCUT2D eigenvalue weighted by Crippen LogP contribution is -2.06. The quantitative estimate of drug-likeness (QED) is 0.840. The number of halogens is 1. The number of benzene rings is 2. The van der Waals surface area contributed by atoms with Crippen LogP contribution in [0.2, 0.25) is 0 Å². The molecule has 108 valence electrons. The van der Waals surface area contributed by atoms with Crippen molar-refractivity contribution in [3.8, 4) is 5.75 Å². The zero-order valence-electron chi connectivity index (χ0n) is 11.8. The average molecular weight is 284 g/mol. The summed E-state index contributed by atoms with van der Waals surface area (Å²) in [4.78, 5) is 12.0. The third kappa shape index (κ3) is 3.30. The van der Waals surface area contributed by atoms with Gasteiger partial charge >= 0.3 is 0 Å². The summed E-state index contributed by atoms with van der Waals surface area (Å²) >= 11 is 0. The van der Waals surface area contributed by atoms with Crippen LogP contribution in [0.5, 0.6) is 5.75 Å². The Balaban J connectivity index is 1.58. The molecule has 0 aromatic heterocycles. The fourth-order valence-electron chi connectivity index (χ4n) is 2.62. The first-order chi connectivity index (χ1) is 10.2. The molecule has 1 heterocycles. The van der Waals surface area contributed by atoms with Crippen molar-refractivity contribution in [1.82, 2.24) is 0 Å². The van der Waals surface area contributed by atoms with E-state index in [9.17, 15) is 9.18 Å². The topological polar surface area (TPSA) is 26.3 Å². The molecule has 1 aliphatic heterocycles. The Hall–Kier alpha value is -2.16. The standard InChI is InChI=1S/C18H17FO2/c19-17-4-2-1-3-14(17)12-16(20)7-5-13-6-8-18-15(11-13)9-10-21-18/h1-4,6,8,11H,5,7,9-10,12H2. The van der Waals surface area contributed by atoms with Gasteiger partial charge in [0.1, 0.15) is 17.3 Å². The molecule has 0 fully saturated rings. The molecule has 0 N–H and O–H groups in total. The summed E-state index contributed by atoms with van der Waals surface area (Å²) in [5.41, 5.74) is 2.83. The lowest BCUT2D eigenvalue weighted by molar-refractivity contribution is -0.118. The van der Waals surface area contributed by atoms with Gasteiger partial charge in [0.2, 0.25) is 0 Å². The van der Waals surface area contributed by atoms with E-state index in [-0.39, 0.29) is 18.0 Å². The Morgan fingerprint density at radius 1 is 1.19 bits per heavy atom. The summed E-state index contributed by atoms with van der Waals surface area (Å²) in [5, 5.41) is 0. The maximum Gasteiger partial charge on any atom is 0.137 e. The third-order valence-corrected chi connectivity index (χ3v) is 3.79. The maximum absolute atomic E-state index is 13.5. The molecule has 1 aliphatic rings. The van der Waals surface area contributed by atoms with E-state index >= 15 is 0 Å². The first-order valence-corrected chi connectivity index (χ1v) is 7.22. The molecule has 0 unspecified atom stereocenters. The number of hydrogen-bond acceptors (Lipinski definition) is 2. The number of carbonyl (C=O) groups excluding carboxylic acids is 1. The summed E-state index contributed by atoms with van der Waals surface area (Å²) in [6.07, 6.45) is 2.24. The second kappa shape index (κ2) is 6.08. The second-order valence-corrected chi connectivity index (χ2v) is 5.35. The van der Waals surface area contributed by atoms with Crippen LogP contribution in [-0.4, -0.2) is 12.4 Å². The molecule has 0 saturated heterocycles. The molecule has 2 nitrogen and oxygen atoms in total. The molecule has 21 heavy (non-hydrogen) atoms. The molecule has 0 atom stereocenters. The average Bonchev–Trinajstić information content (AvgIpc) is 2.95. The Morgan fingerprint density at radius 2 is 2.05 bits per heavy atom. The van der Waals surface area contributed by atoms with Crippen molar-refractivity contribution in [2.45, 2.75) is 25.7 Å². The summed E-state index contributed by atoms with van der Waals surface area (Å²) in [5.74, 6) is 0.716. The molecule has 0 amide bonds.